The Labute approximate surface area is 89.7 Å². The monoisotopic (exact) mass is 208 g/mol. The van der Waals surface area contributed by atoms with E-state index in [1.165, 1.54) is 0 Å². The number of hydrogen-bond donors (Lipinski definition) is 1. The van der Waals surface area contributed by atoms with Crippen LogP contribution in [0.1, 0.15) is 30.6 Å². The molecule has 0 amide bonds. The van der Waals surface area contributed by atoms with E-state index in [0.717, 1.165) is 11.1 Å². The normalized spacial score (nSPS) is 11.7. The fourth-order valence-electron chi connectivity index (χ4n) is 1.13. The number of hydrogen-bond acceptors (Lipinski definition) is 1. The molecule has 0 aliphatic rings. The summed E-state index contributed by atoms with van der Waals surface area (Å²) < 4.78 is 0. The van der Waals surface area contributed by atoms with E-state index in [0.29, 0.717) is 11.4 Å². The smallest absolute Gasteiger partial charge is 0.0899 e. The first kappa shape index (κ1) is 11.1. The van der Waals surface area contributed by atoms with E-state index < -0.39 is 6.10 Å². The molecule has 0 aliphatic carbocycles. The molecule has 0 saturated heterocycles. The number of halogens is 1. The third-order valence-electron chi connectivity index (χ3n) is 2.05. The summed E-state index contributed by atoms with van der Waals surface area (Å²) in [4.78, 5) is 0. The molecule has 1 unspecified atom stereocenters. The first-order valence-electron chi connectivity index (χ1n) is 4.49. The molecule has 14 heavy (non-hydrogen) atoms. The summed E-state index contributed by atoms with van der Waals surface area (Å²) in [5, 5.41) is 10.4. The summed E-state index contributed by atoms with van der Waals surface area (Å²) in [7, 11) is 0. The van der Waals surface area contributed by atoms with Crippen molar-refractivity contribution in [1.82, 2.24) is 0 Å². The van der Waals surface area contributed by atoms with Gasteiger partial charge in [0.05, 0.1) is 6.10 Å². The molecule has 1 rings (SSSR count). The Kier molecular flexibility index (Phi) is 4.00. The molecule has 0 fully saturated rings. The summed E-state index contributed by atoms with van der Waals surface area (Å²) in [5.41, 5.74) is 1.84. The van der Waals surface area contributed by atoms with Gasteiger partial charge < -0.3 is 5.11 Å². The number of rotatable bonds is 2. The average Bonchev–Trinajstić information content (AvgIpc) is 2.18. The van der Waals surface area contributed by atoms with Gasteiger partial charge in [-0.15, -0.1) is 11.8 Å². The second-order valence-corrected chi connectivity index (χ2v) is 3.56. The van der Waals surface area contributed by atoms with Gasteiger partial charge >= 0.3 is 0 Å². The molecule has 0 aliphatic heterocycles. The molecule has 0 aromatic heterocycles. The van der Waals surface area contributed by atoms with E-state index in [1.807, 2.05) is 19.1 Å². The van der Waals surface area contributed by atoms with Crippen LogP contribution in [-0.2, 0) is 0 Å². The lowest BCUT2D eigenvalue weighted by Crippen LogP contribution is -1.96. The predicted molar refractivity (Wildman–Crippen MR) is 59.2 cm³/mol. The molecular formula is C12H13ClO. The van der Waals surface area contributed by atoms with Crippen molar-refractivity contribution in [3.05, 3.63) is 34.3 Å². The van der Waals surface area contributed by atoms with Gasteiger partial charge in [-0.25, -0.2) is 0 Å². The van der Waals surface area contributed by atoms with Gasteiger partial charge in [0, 0.05) is 11.4 Å². The van der Waals surface area contributed by atoms with Crippen LogP contribution in [0.2, 0.25) is 5.02 Å². The van der Waals surface area contributed by atoms with Crippen LogP contribution >= 0.6 is 11.6 Å². The molecule has 1 aromatic rings. The summed E-state index contributed by atoms with van der Waals surface area (Å²) in [6.45, 7) is 3.69. The van der Waals surface area contributed by atoms with Crippen LogP contribution in [0.4, 0.5) is 0 Å². The molecule has 0 heterocycles. The van der Waals surface area contributed by atoms with E-state index in [-0.39, 0.29) is 0 Å². The highest BCUT2D eigenvalue weighted by Crippen LogP contribution is 2.22. The SMILES string of the molecule is CC#CCC(O)c1ccc(C)c(Cl)c1. The van der Waals surface area contributed by atoms with Crippen molar-refractivity contribution in [2.75, 3.05) is 0 Å². The molecule has 1 atom stereocenters. The quantitative estimate of drug-likeness (QED) is 0.741. The zero-order valence-electron chi connectivity index (χ0n) is 8.34. The van der Waals surface area contributed by atoms with Crippen LogP contribution in [0.15, 0.2) is 18.2 Å². The van der Waals surface area contributed by atoms with Gasteiger partial charge in [0.15, 0.2) is 0 Å². The highest BCUT2D eigenvalue weighted by Gasteiger charge is 2.06. The van der Waals surface area contributed by atoms with E-state index in [4.69, 9.17) is 11.6 Å². The minimum atomic E-state index is -0.541. The molecule has 74 valence electrons. The van der Waals surface area contributed by atoms with Gasteiger partial charge in [-0.3, -0.25) is 0 Å². The van der Waals surface area contributed by atoms with Crippen molar-refractivity contribution < 1.29 is 5.11 Å². The van der Waals surface area contributed by atoms with Gasteiger partial charge in [-0.2, -0.15) is 0 Å². The number of aliphatic hydroxyl groups excluding tert-OH is 1. The van der Waals surface area contributed by atoms with Gasteiger partial charge in [0.2, 0.25) is 0 Å². The number of aryl methyl sites for hydroxylation is 1. The summed E-state index contributed by atoms with van der Waals surface area (Å²) in [5.74, 6) is 5.59. The molecule has 0 spiro atoms. The summed E-state index contributed by atoms with van der Waals surface area (Å²) >= 11 is 5.94. The van der Waals surface area contributed by atoms with Crippen LogP contribution in [0.3, 0.4) is 0 Å². The highest BCUT2D eigenvalue weighted by molar-refractivity contribution is 6.31. The first-order chi connectivity index (χ1) is 6.65. The minimum Gasteiger partial charge on any atom is -0.387 e. The molecule has 1 nitrogen and oxygen atoms in total. The van der Waals surface area contributed by atoms with Crippen LogP contribution in [0.5, 0.6) is 0 Å². The van der Waals surface area contributed by atoms with E-state index in [1.54, 1.807) is 13.0 Å². The molecular weight excluding hydrogens is 196 g/mol. The summed E-state index contributed by atoms with van der Waals surface area (Å²) in [6, 6.07) is 5.57. The maximum Gasteiger partial charge on any atom is 0.0899 e. The Morgan fingerprint density at radius 1 is 1.50 bits per heavy atom. The van der Waals surface area contributed by atoms with Crippen LogP contribution in [-0.4, -0.2) is 5.11 Å². The predicted octanol–water partition coefficient (Wildman–Crippen LogP) is 3.10. The van der Waals surface area contributed by atoms with Gasteiger partial charge in [0.1, 0.15) is 0 Å². The number of aliphatic hydroxyl groups is 1. The van der Waals surface area contributed by atoms with Crippen molar-refractivity contribution in [3.8, 4) is 11.8 Å². The fraction of sp³-hybridized carbons (Fsp3) is 0.333. The lowest BCUT2D eigenvalue weighted by molar-refractivity contribution is 0.184. The Balaban J connectivity index is 2.83. The Morgan fingerprint density at radius 3 is 2.79 bits per heavy atom. The van der Waals surface area contributed by atoms with E-state index in [9.17, 15) is 5.11 Å². The fourth-order valence-corrected chi connectivity index (χ4v) is 1.32. The lowest BCUT2D eigenvalue weighted by atomic mass is 10.1. The first-order valence-corrected chi connectivity index (χ1v) is 4.86. The van der Waals surface area contributed by atoms with Crippen molar-refractivity contribution in [2.24, 2.45) is 0 Å². The maximum absolute atomic E-state index is 9.71. The van der Waals surface area contributed by atoms with Crippen molar-refractivity contribution >= 4 is 11.6 Å². The number of benzene rings is 1. The standard InChI is InChI=1S/C12H13ClO/c1-3-4-5-12(14)10-7-6-9(2)11(13)8-10/h6-8,12,14H,5H2,1-2H3. The largest absolute Gasteiger partial charge is 0.387 e. The molecule has 0 radical (unpaired) electrons. The Bertz CT molecular complexity index is 374. The van der Waals surface area contributed by atoms with Gasteiger partial charge in [-0.05, 0) is 31.0 Å². The minimum absolute atomic E-state index is 0.454. The third-order valence-corrected chi connectivity index (χ3v) is 2.46. The molecule has 2 heteroatoms. The van der Waals surface area contributed by atoms with Gasteiger partial charge in [0.25, 0.3) is 0 Å². The summed E-state index contributed by atoms with van der Waals surface area (Å²) in [6.07, 6.45) is -0.0869. The Hall–Kier alpha value is -0.970. The van der Waals surface area contributed by atoms with Gasteiger partial charge in [-0.1, -0.05) is 23.7 Å². The van der Waals surface area contributed by atoms with Crippen LogP contribution in [0, 0.1) is 18.8 Å². The second-order valence-electron chi connectivity index (χ2n) is 3.16. The van der Waals surface area contributed by atoms with Crippen molar-refractivity contribution in [2.45, 2.75) is 26.4 Å². The van der Waals surface area contributed by atoms with E-state index in [2.05, 4.69) is 11.8 Å². The highest BCUT2D eigenvalue weighted by atomic mass is 35.5. The zero-order valence-corrected chi connectivity index (χ0v) is 9.10. The molecule has 1 N–H and O–H groups in total. The molecule has 1 aromatic carbocycles. The topological polar surface area (TPSA) is 20.2 Å². The molecule has 0 bridgehead atoms. The lowest BCUT2D eigenvalue weighted by Gasteiger charge is -2.08. The van der Waals surface area contributed by atoms with E-state index >= 15 is 0 Å². The van der Waals surface area contributed by atoms with Crippen LogP contribution in [0.25, 0.3) is 0 Å². The third kappa shape index (κ3) is 2.77. The molecule has 0 saturated carbocycles. The van der Waals surface area contributed by atoms with Crippen molar-refractivity contribution in [3.63, 3.8) is 0 Å². The average molecular weight is 209 g/mol. The zero-order chi connectivity index (χ0) is 10.6. The van der Waals surface area contributed by atoms with Crippen LogP contribution < -0.4 is 0 Å². The second kappa shape index (κ2) is 5.05. The Morgan fingerprint density at radius 2 is 2.21 bits per heavy atom. The van der Waals surface area contributed by atoms with Crippen molar-refractivity contribution in [1.29, 1.82) is 0 Å². The maximum atomic E-state index is 9.71.